The van der Waals surface area contributed by atoms with E-state index in [4.69, 9.17) is 5.73 Å². The first-order chi connectivity index (χ1) is 12.0. The summed E-state index contributed by atoms with van der Waals surface area (Å²) in [5.74, 6) is -3.51. The predicted molar refractivity (Wildman–Crippen MR) is 93.9 cm³/mol. The van der Waals surface area contributed by atoms with E-state index in [2.05, 4.69) is 16.0 Å². The van der Waals surface area contributed by atoms with Gasteiger partial charge in [-0.1, -0.05) is 27.7 Å². The number of carboxylic acid groups (broad SMARTS) is 1. The van der Waals surface area contributed by atoms with Gasteiger partial charge in [-0.15, -0.1) is 0 Å². The largest absolute Gasteiger partial charge is 0.480 e. The number of aliphatic hydroxyl groups excluding tert-OH is 1. The molecule has 10 nitrogen and oxygen atoms in total. The molecule has 0 radical (unpaired) electrons. The Morgan fingerprint density at radius 3 is 1.88 bits per heavy atom. The number of carbonyl (C=O) groups is 4. The number of hydrogen-bond donors (Lipinski definition) is 6. The lowest BCUT2D eigenvalue weighted by Gasteiger charge is -2.26. The Morgan fingerprint density at radius 1 is 0.923 bits per heavy atom. The van der Waals surface area contributed by atoms with E-state index in [1.54, 1.807) is 13.8 Å². The van der Waals surface area contributed by atoms with Crippen molar-refractivity contribution in [3.8, 4) is 0 Å². The summed E-state index contributed by atoms with van der Waals surface area (Å²) in [4.78, 5) is 47.3. The van der Waals surface area contributed by atoms with Gasteiger partial charge < -0.3 is 31.9 Å². The fourth-order valence-corrected chi connectivity index (χ4v) is 2.19. The Kier molecular flexibility index (Phi) is 10.5. The molecule has 0 aliphatic rings. The highest BCUT2D eigenvalue weighted by Gasteiger charge is 2.31. The van der Waals surface area contributed by atoms with Crippen LogP contribution in [0.25, 0.3) is 0 Å². The molecule has 0 aliphatic heterocycles. The zero-order valence-electron chi connectivity index (χ0n) is 15.6. The molecule has 7 N–H and O–H groups in total. The van der Waals surface area contributed by atoms with E-state index in [1.165, 1.54) is 0 Å². The highest BCUT2D eigenvalue weighted by Crippen LogP contribution is 2.08. The maximum atomic E-state index is 12.4. The van der Waals surface area contributed by atoms with Crippen molar-refractivity contribution >= 4 is 23.7 Å². The third-order valence-corrected chi connectivity index (χ3v) is 3.59. The maximum Gasteiger partial charge on any atom is 0.326 e. The summed E-state index contributed by atoms with van der Waals surface area (Å²) in [5, 5.41) is 25.6. The van der Waals surface area contributed by atoms with Gasteiger partial charge in [-0.3, -0.25) is 14.4 Å². The van der Waals surface area contributed by atoms with Crippen LogP contribution in [0.1, 0.15) is 34.1 Å². The number of aliphatic carboxylic acids is 1. The van der Waals surface area contributed by atoms with E-state index in [1.807, 2.05) is 13.8 Å². The molecule has 0 aromatic rings. The van der Waals surface area contributed by atoms with Crippen molar-refractivity contribution < 1.29 is 29.4 Å². The molecule has 150 valence electrons. The van der Waals surface area contributed by atoms with E-state index < -0.39 is 48.4 Å². The van der Waals surface area contributed by atoms with Crippen molar-refractivity contribution in [3.05, 3.63) is 0 Å². The van der Waals surface area contributed by atoms with E-state index in [9.17, 15) is 29.4 Å². The van der Waals surface area contributed by atoms with E-state index in [0.29, 0.717) is 0 Å². The topological polar surface area (TPSA) is 171 Å². The number of nitrogens with one attached hydrogen (secondary N) is 3. The molecule has 26 heavy (non-hydrogen) atoms. The van der Waals surface area contributed by atoms with Gasteiger partial charge in [0.05, 0.1) is 13.2 Å². The minimum Gasteiger partial charge on any atom is -0.480 e. The molecule has 0 saturated carbocycles. The van der Waals surface area contributed by atoms with Crippen molar-refractivity contribution in [2.24, 2.45) is 17.6 Å². The van der Waals surface area contributed by atoms with Crippen molar-refractivity contribution in [3.63, 3.8) is 0 Å². The molecule has 0 aliphatic carbocycles. The number of nitrogens with two attached hydrogens (primary N) is 1. The van der Waals surface area contributed by atoms with Crippen LogP contribution in [0.2, 0.25) is 0 Å². The summed E-state index contributed by atoms with van der Waals surface area (Å²) in [6.45, 7) is 5.98. The Balaban J connectivity index is 5.10. The summed E-state index contributed by atoms with van der Waals surface area (Å²) < 4.78 is 0. The molecule has 0 aromatic heterocycles. The predicted octanol–water partition coefficient (Wildman–Crippen LogP) is -1.82. The SMILES string of the molecule is CC(C)CC(NC(=O)C(NC(=O)C(CO)NC(=O)CN)C(C)C)C(=O)O. The van der Waals surface area contributed by atoms with Gasteiger partial charge in [0.2, 0.25) is 17.7 Å². The summed E-state index contributed by atoms with van der Waals surface area (Å²) in [6, 6.07) is -3.36. The number of carbonyl (C=O) groups excluding carboxylic acids is 3. The van der Waals surface area contributed by atoms with Crippen LogP contribution in [-0.4, -0.2) is 65.2 Å². The molecule has 0 spiro atoms. The first-order valence-electron chi connectivity index (χ1n) is 8.47. The second kappa shape index (κ2) is 11.4. The molecule has 3 atom stereocenters. The minimum atomic E-state index is -1.26. The van der Waals surface area contributed by atoms with Gasteiger partial charge in [-0.2, -0.15) is 0 Å². The second-order valence-corrected chi connectivity index (χ2v) is 6.77. The molecule has 0 saturated heterocycles. The summed E-state index contributed by atoms with van der Waals surface area (Å²) >= 11 is 0. The standard InChI is InChI=1S/C16H30N4O6/c1-8(2)5-10(16(25)26)19-15(24)13(9(3)4)20-14(23)11(7-21)18-12(22)6-17/h8-11,13,21H,5-7,17H2,1-4H3,(H,18,22)(H,19,24)(H,20,23)(H,25,26). The quantitative estimate of drug-likeness (QED) is 0.247. The number of rotatable bonds is 11. The third kappa shape index (κ3) is 8.26. The Labute approximate surface area is 152 Å². The molecule has 0 heterocycles. The summed E-state index contributed by atoms with van der Waals surface area (Å²) in [7, 11) is 0. The Hall–Kier alpha value is -2.20. The van der Waals surface area contributed by atoms with Gasteiger partial charge in [0.1, 0.15) is 18.1 Å². The van der Waals surface area contributed by atoms with Crippen LogP contribution in [0.15, 0.2) is 0 Å². The number of carboxylic acids is 1. The van der Waals surface area contributed by atoms with Crippen LogP contribution in [-0.2, 0) is 19.2 Å². The van der Waals surface area contributed by atoms with Gasteiger partial charge in [0.25, 0.3) is 0 Å². The van der Waals surface area contributed by atoms with Crippen LogP contribution in [0.3, 0.4) is 0 Å². The molecule has 3 unspecified atom stereocenters. The van der Waals surface area contributed by atoms with Crippen LogP contribution >= 0.6 is 0 Å². The number of hydrogen-bond acceptors (Lipinski definition) is 6. The molecule has 0 fully saturated rings. The van der Waals surface area contributed by atoms with Gasteiger partial charge in [0.15, 0.2) is 0 Å². The zero-order valence-corrected chi connectivity index (χ0v) is 15.6. The first kappa shape index (κ1) is 23.8. The van der Waals surface area contributed by atoms with E-state index >= 15 is 0 Å². The van der Waals surface area contributed by atoms with Gasteiger partial charge in [-0.05, 0) is 18.3 Å². The van der Waals surface area contributed by atoms with Crippen LogP contribution in [0.5, 0.6) is 0 Å². The Morgan fingerprint density at radius 2 is 1.50 bits per heavy atom. The lowest BCUT2D eigenvalue weighted by atomic mass is 10.00. The van der Waals surface area contributed by atoms with Crippen molar-refractivity contribution in [2.75, 3.05) is 13.2 Å². The second-order valence-electron chi connectivity index (χ2n) is 6.77. The fraction of sp³-hybridized carbons (Fsp3) is 0.750. The monoisotopic (exact) mass is 374 g/mol. The third-order valence-electron chi connectivity index (χ3n) is 3.59. The van der Waals surface area contributed by atoms with E-state index in [-0.39, 0.29) is 24.8 Å². The van der Waals surface area contributed by atoms with Crippen molar-refractivity contribution in [1.29, 1.82) is 0 Å². The fourth-order valence-electron chi connectivity index (χ4n) is 2.19. The Bertz CT molecular complexity index is 509. The van der Waals surface area contributed by atoms with Gasteiger partial charge in [0, 0.05) is 0 Å². The molecular formula is C16H30N4O6. The van der Waals surface area contributed by atoms with E-state index in [0.717, 1.165) is 0 Å². The molecule has 10 heteroatoms. The van der Waals surface area contributed by atoms with Crippen molar-refractivity contribution in [2.45, 2.75) is 52.2 Å². The lowest BCUT2D eigenvalue weighted by Crippen LogP contribution is -2.58. The highest BCUT2D eigenvalue weighted by molar-refractivity contribution is 5.93. The van der Waals surface area contributed by atoms with Crippen LogP contribution in [0, 0.1) is 11.8 Å². The van der Waals surface area contributed by atoms with Crippen LogP contribution in [0.4, 0.5) is 0 Å². The van der Waals surface area contributed by atoms with Gasteiger partial charge >= 0.3 is 5.97 Å². The average molecular weight is 374 g/mol. The molecule has 0 aromatic carbocycles. The first-order valence-corrected chi connectivity index (χ1v) is 8.47. The summed E-state index contributed by atoms with van der Waals surface area (Å²) in [5.41, 5.74) is 5.15. The zero-order chi connectivity index (χ0) is 20.4. The molecular weight excluding hydrogens is 344 g/mol. The molecule has 0 bridgehead atoms. The average Bonchev–Trinajstić information content (AvgIpc) is 2.55. The number of aliphatic hydroxyl groups is 1. The van der Waals surface area contributed by atoms with Gasteiger partial charge in [-0.25, -0.2) is 4.79 Å². The molecule has 0 rings (SSSR count). The maximum absolute atomic E-state index is 12.4. The van der Waals surface area contributed by atoms with Crippen LogP contribution < -0.4 is 21.7 Å². The normalized spacial score (nSPS) is 14.5. The van der Waals surface area contributed by atoms with Crippen molar-refractivity contribution in [1.82, 2.24) is 16.0 Å². The highest BCUT2D eigenvalue weighted by atomic mass is 16.4. The smallest absolute Gasteiger partial charge is 0.326 e. The molecule has 3 amide bonds. The lowest BCUT2D eigenvalue weighted by molar-refractivity contribution is -0.143. The number of amides is 3. The summed E-state index contributed by atoms with van der Waals surface area (Å²) in [6.07, 6.45) is 0.242. The minimum absolute atomic E-state index is 0.0498.